The SMILES string of the molecule is CC(=O)N(C)[C@]1(C/C(C=N)=C/c2ncc([C@@H](NC(=O)c3nonc3C3CC3)C3CCC(F)(F)CC3)[nH]2)C[C@@H](C(F)(F)F)NC1=O. The van der Waals surface area contributed by atoms with E-state index in [9.17, 15) is 36.3 Å². The highest BCUT2D eigenvalue weighted by Gasteiger charge is 2.58. The molecule has 3 heterocycles. The van der Waals surface area contributed by atoms with Crippen molar-refractivity contribution in [2.24, 2.45) is 5.92 Å². The molecule has 2 aromatic heterocycles. The summed E-state index contributed by atoms with van der Waals surface area (Å²) in [7, 11) is 1.23. The molecule has 0 radical (unpaired) electrons. The Morgan fingerprint density at radius 1 is 1.22 bits per heavy atom. The fraction of sp³-hybridized carbons (Fsp3) is 0.607. The van der Waals surface area contributed by atoms with Gasteiger partial charge in [0, 0.05) is 51.8 Å². The molecule has 3 amide bonds. The van der Waals surface area contributed by atoms with Crippen LogP contribution < -0.4 is 10.6 Å². The van der Waals surface area contributed by atoms with Gasteiger partial charge in [0.25, 0.3) is 5.91 Å². The number of likely N-dealkylation sites (N-methyl/N-ethyl adjacent to an activating group) is 1. The molecule has 3 fully saturated rings. The average Bonchev–Trinajstić information content (AvgIpc) is 3.35. The van der Waals surface area contributed by atoms with E-state index < -0.39 is 66.2 Å². The molecule has 4 N–H and O–H groups in total. The van der Waals surface area contributed by atoms with Crippen LogP contribution in [-0.2, 0) is 9.59 Å². The van der Waals surface area contributed by atoms with E-state index in [0.717, 1.165) is 30.9 Å². The maximum atomic E-state index is 14.0. The molecule has 45 heavy (non-hydrogen) atoms. The van der Waals surface area contributed by atoms with Crippen molar-refractivity contribution in [3.63, 3.8) is 0 Å². The minimum Gasteiger partial charge on any atom is -0.342 e. The lowest BCUT2D eigenvalue weighted by Crippen LogP contribution is -2.54. The van der Waals surface area contributed by atoms with E-state index in [1.807, 2.05) is 5.32 Å². The fourth-order valence-electron chi connectivity index (χ4n) is 6.11. The normalized spacial score (nSPS) is 24.6. The van der Waals surface area contributed by atoms with Gasteiger partial charge in [-0.1, -0.05) is 5.16 Å². The summed E-state index contributed by atoms with van der Waals surface area (Å²) >= 11 is 0. The van der Waals surface area contributed by atoms with Crippen molar-refractivity contribution in [1.82, 2.24) is 35.8 Å². The van der Waals surface area contributed by atoms with Crippen LogP contribution in [0.2, 0.25) is 0 Å². The highest BCUT2D eigenvalue weighted by molar-refractivity contribution is 5.96. The van der Waals surface area contributed by atoms with Crippen LogP contribution in [0.3, 0.4) is 0 Å². The van der Waals surface area contributed by atoms with Crippen LogP contribution in [0.4, 0.5) is 22.0 Å². The Balaban J connectivity index is 1.42. The molecule has 0 unspecified atom stereocenters. The summed E-state index contributed by atoms with van der Waals surface area (Å²) < 4.78 is 73.5. The molecule has 3 aliphatic rings. The molecule has 2 aromatic rings. The van der Waals surface area contributed by atoms with Gasteiger partial charge in [0.15, 0.2) is 5.69 Å². The predicted octanol–water partition coefficient (Wildman–Crippen LogP) is 4.06. The Labute approximate surface area is 254 Å². The second-order valence-electron chi connectivity index (χ2n) is 12.1. The molecule has 244 valence electrons. The first-order valence-electron chi connectivity index (χ1n) is 14.5. The Morgan fingerprint density at radius 2 is 1.91 bits per heavy atom. The largest absolute Gasteiger partial charge is 0.408 e. The molecule has 17 heteroatoms. The zero-order chi connectivity index (χ0) is 32.7. The smallest absolute Gasteiger partial charge is 0.342 e. The van der Waals surface area contributed by atoms with Crippen molar-refractivity contribution in [3.8, 4) is 0 Å². The standard InChI is InChI=1S/C28H33F5N8O4/c1-14(42)41(2)26(11-19(28(31,32)33)37-25(26)44)10-15(12-34)9-20-35-13-18(36-20)21(17-5-7-27(29,30)8-6-17)38-24(43)23-22(16-3-4-16)39-45-40-23/h9,12-13,16-17,19,21,34H,3-8,10-11H2,1-2H3,(H,35,36)(H,37,44)(H,38,43)/b15-9-,34-12?/t19-,21-,26+/m0/s1. The number of aromatic amines is 1. The van der Waals surface area contributed by atoms with Gasteiger partial charge in [0.1, 0.15) is 23.1 Å². The van der Waals surface area contributed by atoms with Crippen LogP contribution in [0.25, 0.3) is 6.08 Å². The summed E-state index contributed by atoms with van der Waals surface area (Å²) in [6.07, 6.45) is -1.16. The summed E-state index contributed by atoms with van der Waals surface area (Å²) in [4.78, 5) is 46.7. The number of hydrogen-bond acceptors (Lipinski definition) is 8. The molecule has 0 spiro atoms. The lowest BCUT2D eigenvalue weighted by atomic mass is 9.81. The Morgan fingerprint density at radius 3 is 2.49 bits per heavy atom. The second kappa shape index (κ2) is 12.0. The minimum absolute atomic E-state index is 0.0151. The molecular weight excluding hydrogens is 607 g/mol. The number of halogens is 5. The number of imidazole rings is 1. The monoisotopic (exact) mass is 640 g/mol. The van der Waals surface area contributed by atoms with E-state index in [-0.39, 0.29) is 48.7 Å². The Kier molecular flexibility index (Phi) is 8.57. The van der Waals surface area contributed by atoms with E-state index in [2.05, 4.69) is 25.6 Å². The van der Waals surface area contributed by atoms with Crippen molar-refractivity contribution in [2.75, 3.05) is 7.05 Å². The van der Waals surface area contributed by atoms with Crippen LogP contribution in [0, 0.1) is 11.3 Å². The number of aromatic nitrogens is 4. The van der Waals surface area contributed by atoms with Gasteiger partial charge in [-0.2, -0.15) is 13.2 Å². The van der Waals surface area contributed by atoms with Gasteiger partial charge in [0.2, 0.25) is 17.7 Å². The zero-order valence-corrected chi connectivity index (χ0v) is 24.5. The minimum atomic E-state index is -4.75. The van der Waals surface area contributed by atoms with Crippen LogP contribution in [0.15, 0.2) is 16.4 Å². The molecule has 0 aromatic carbocycles. The van der Waals surface area contributed by atoms with Crippen LogP contribution in [-0.4, -0.2) is 79.8 Å². The highest BCUT2D eigenvalue weighted by Crippen LogP contribution is 2.43. The van der Waals surface area contributed by atoms with Gasteiger partial charge in [-0.3, -0.25) is 14.4 Å². The molecule has 2 saturated carbocycles. The first kappa shape index (κ1) is 32.2. The molecule has 1 aliphatic heterocycles. The Hall–Kier alpha value is -4.18. The van der Waals surface area contributed by atoms with Crippen molar-refractivity contribution in [2.45, 2.75) is 93.9 Å². The lowest BCUT2D eigenvalue weighted by Gasteiger charge is -2.36. The van der Waals surface area contributed by atoms with Gasteiger partial charge >= 0.3 is 6.18 Å². The zero-order valence-electron chi connectivity index (χ0n) is 24.5. The molecular formula is C28H33F5N8O4. The van der Waals surface area contributed by atoms with Gasteiger partial charge < -0.3 is 25.9 Å². The van der Waals surface area contributed by atoms with Crippen molar-refractivity contribution in [1.29, 1.82) is 5.41 Å². The summed E-state index contributed by atoms with van der Waals surface area (Å²) in [5, 5.41) is 20.3. The average molecular weight is 641 g/mol. The quantitative estimate of drug-likeness (QED) is 0.224. The molecule has 1 saturated heterocycles. The molecule has 5 rings (SSSR count). The van der Waals surface area contributed by atoms with E-state index in [4.69, 9.17) is 10.0 Å². The fourth-order valence-corrected chi connectivity index (χ4v) is 6.11. The van der Waals surface area contributed by atoms with E-state index in [1.165, 1.54) is 19.3 Å². The predicted molar refractivity (Wildman–Crippen MR) is 147 cm³/mol. The Bertz CT molecular complexity index is 1490. The van der Waals surface area contributed by atoms with Crippen LogP contribution >= 0.6 is 0 Å². The molecule has 2 aliphatic carbocycles. The second-order valence-corrected chi connectivity index (χ2v) is 12.1. The van der Waals surface area contributed by atoms with Gasteiger partial charge in [-0.15, -0.1) is 0 Å². The van der Waals surface area contributed by atoms with Crippen molar-refractivity contribution < 1.29 is 41.0 Å². The number of carbonyl (C=O) groups is 3. The number of H-pyrrole nitrogens is 1. The number of nitrogens with one attached hydrogen (secondary N) is 4. The van der Waals surface area contributed by atoms with Crippen molar-refractivity contribution in [3.05, 3.63) is 34.7 Å². The number of hydrogen-bond donors (Lipinski definition) is 4. The van der Waals surface area contributed by atoms with Crippen LogP contribution in [0.1, 0.15) is 98.0 Å². The van der Waals surface area contributed by atoms with E-state index in [1.54, 1.807) is 0 Å². The number of nitrogens with zero attached hydrogens (tertiary/aromatic N) is 4. The third-order valence-corrected chi connectivity index (χ3v) is 8.95. The number of amides is 3. The lowest BCUT2D eigenvalue weighted by molar-refractivity contribution is -0.155. The number of carbonyl (C=O) groups excluding carboxylic acids is 3. The van der Waals surface area contributed by atoms with Gasteiger partial charge in [0.05, 0.1) is 17.9 Å². The molecule has 0 bridgehead atoms. The van der Waals surface area contributed by atoms with Gasteiger partial charge in [-0.05, 0) is 48.4 Å². The third-order valence-electron chi connectivity index (χ3n) is 8.95. The maximum Gasteiger partial charge on any atom is 0.408 e. The summed E-state index contributed by atoms with van der Waals surface area (Å²) in [6.45, 7) is 1.13. The van der Waals surface area contributed by atoms with Crippen molar-refractivity contribution >= 4 is 30.0 Å². The summed E-state index contributed by atoms with van der Waals surface area (Å²) in [5.41, 5.74) is -1.02. The van der Waals surface area contributed by atoms with Crippen LogP contribution in [0.5, 0.6) is 0 Å². The first-order chi connectivity index (χ1) is 21.1. The molecule has 12 nitrogen and oxygen atoms in total. The topological polar surface area (TPSA) is 170 Å². The number of alkyl halides is 5. The summed E-state index contributed by atoms with van der Waals surface area (Å²) in [5.74, 6) is -5.24. The maximum absolute atomic E-state index is 14.0. The summed E-state index contributed by atoms with van der Waals surface area (Å²) in [6, 6.07) is -2.97. The third kappa shape index (κ3) is 6.76. The van der Waals surface area contributed by atoms with E-state index in [0.29, 0.717) is 11.4 Å². The first-order valence-corrected chi connectivity index (χ1v) is 14.5. The highest BCUT2D eigenvalue weighted by atomic mass is 19.4. The number of rotatable bonds is 10. The van der Waals surface area contributed by atoms with E-state index >= 15 is 0 Å². The van der Waals surface area contributed by atoms with Gasteiger partial charge in [-0.25, -0.2) is 18.4 Å². The molecule has 3 atom stereocenters.